The van der Waals surface area contributed by atoms with Crippen molar-refractivity contribution in [2.75, 3.05) is 18.1 Å². The van der Waals surface area contributed by atoms with Crippen molar-refractivity contribution < 1.29 is 9.53 Å². The maximum atomic E-state index is 12.8. The Bertz CT molecular complexity index is 818. The molecule has 3 aromatic rings. The van der Waals surface area contributed by atoms with Gasteiger partial charge in [0, 0.05) is 25.6 Å². The van der Waals surface area contributed by atoms with Crippen LogP contribution in [0.2, 0.25) is 0 Å². The van der Waals surface area contributed by atoms with Crippen molar-refractivity contribution in [2.24, 2.45) is 7.05 Å². The number of thiazole rings is 1. The third-order valence-corrected chi connectivity index (χ3v) is 4.51. The first kappa shape index (κ1) is 12.4. The number of ether oxygens (including phenoxy) is 1. The standard InChI is InChI=1S/C13H13N5O2S/c1-8-10-12(16(2)15-8)20-6-5-18(10)11(19)9-7-17-4-3-14-13(17)21-9/h3-4,7H,5-6H2,1-2H3. The number of aryl methyl sites for hydroxylation is 2. The predicted octanol–water partition coefficient (Wildman–Crippen LogP) is 1.48. The summed E-state index contributed by atoms with van der Waals surface area (Å²) < 4.78 is 9.16. The zero-order valence-corrected chi connectivity index (χ0v) is 12.4. The largest absolute Gasteiger partial charge is 0.474 e. The second-order valence-corrected chi connectivity index (χ2v) is 5.89. The fraction of sp³-hybridized carbons (Fsp3) is 0.308. The summed E-state index contributed by atoms with van der Waals surface area (Å²) in [5.41, 5.74) is 1.56. The predicted molar refractivity (Wildman–Crippen MR) is 78.2 cm³/mol. The van der Waals surface area contributed by atoms with Gasteiger partial charge in [-0.3, -0.25) is 14.1 Å². The molecule has 0 radical (unpaired) electrons. The van der Waals surface area contributed by atoms with Gasteiger partial charge in [0.15, 0.2) is 4.96 Å². The molecule has 0 aromatic carbocycles. The second-order valence-electron chi connectivity index (χ2n) is 4.88. The second kappa shape index (κ2) is 4.32. The number of imidazole rings is 1. The van der Waals surface area contributed by atoms with Crippen LogP contribution in [0.15, 0.2) is 18.6 Å². The number of hydrogen-bond acceptors (Lipinski definition) is 5. The van der Waals surface area contributed by atoms with Crippen LogP contribution in [0, 0.1) is 6.92 Å². The number of anilines is 1. The molecule has 3 aromatic heterocycles. The number of rotatable bonds is 1. The van der Waals surface area contributed by atoms with Crippen LogP contribution >= 0.6 is 11.3 Å². The number of aromatic nitrogens is 4. The highest BCUT2D eigenvalue weighted by Crippen LogP contribution is 2.35. The van der Waals surface area contributed by atoms with Crippen molar-refractivity contribution in [3.63, 3.8) is 0 Å². The smallest absolute Gasteiger partial charge is 0.270 e. The van der Waals surface area contributed by atoms with Crippen molar-refractivity contribution in [2.45, 2.75) is 6.92 Å². The van der Waals surface area contributed by atoms with Gasteiger partial charge in [-0.05, 0) is 6.92 Å². The van der Waals surface area contributed by atoms with Gasteiger partial charge in [-0.2, -0.15) is 5.10 Å². The third kappa shape index (κ3) is 1.75. The Balaban J connectivity index is 1.77. The van der Waals surface area contributed by atoms with Gasteiger partial charge in [-0.1, -0.05) is 11.3 Å². The maximum Gasteiger partial charge on any atom is 0.270 e. The van der Waals surface area contributed by atoms with Crippen molar-refractivity contribution >= 4 is 27.9 Å². The molecule has 0 saturated carbocycles. The van der Waals surface area contributed by atoms with Gasteiger partial charge in [0.25, 0.3) is 5.91 Å². The van der Waals surface area contributed by atoms with E-state index >= 15 is 0 Å². The van der Waals surface area contributed by atoms with Gasteiger partial charge in [0.1, 0.15) is 17.2 Å². The van der Waals surface area contributed by atoms with Crippen LogP contribution in [0.25, 0.3) is 4.96 Å². The zero-order valence-electron chi connectivity index (χ0n) is 11.6. The molecular weight excluding hydrogens is 290 g/mol. The average Bonchev–Trinajstić information content (AvgIpc) is 3.12. The summed E-state index contributed by atoms with van der Waals surface area (Å²) in [7, 11) is 1.82. The van der Waals surface area contributed by atoms with Gasteiger partial charge in [0.05, 0.1) is 12.2 Å². The average molecular weight is 303 g/mol. The molecule has 4 rings (SSSR count). The van der Waals surface area contributed by atoms with Gasteiger partial charge in [-0.25, -0.2) is 9.67 Å². The number of fused-ring (bicyclic) bond motifs is 2. The summed E-state index contributed by atoms with van der Waals surface area (Å²) in [5, 5.41) is 4.34. The lowest BCUT2D eigenvalue weighted by Gasteiger charge is -2.27. The molecule has 4 heterocycles. The lowest BCUT2D eigenvalue weighted by molar-refractivity contribution is 0.0979. The molecule has 108 valence electrons. The fourth-order valence-corrected chi connectivity index (χ4v) is 3.50. The van der Waals surface area contributed by atoms with Gasteiger partial charge < -0.3 is 4.74 Å². The normalized spacial score (nSPS) is 14.3. The van der Waals surface area contributed by atoms with Crippen LogP contribution in [0.1, 0.15) is 15.4 Å². The van der Waals surface area contributed by atoms with E-state index in [1.54, 1.807) is 15.8 Å². The minimum atomic E-state index is -0.0360. The Morgan fingerprint density at radius 1 is 1.48 bits per heavy atom. The first-order valence-corrected chi connectivity index (χ1v) is 7.37. The summed E-state index contributed by atoms with van der Waals surface area (Å²) >= 11 is 1.39. The van der Waals surface area contributed by atoms with Crippen molar-refractivity contribution in [1.29, 1.82) is 0 Å². The Kier molecular flexibility index (Phi) is 2.55. The highest BCUT2D eigenvalue weighted by Gasteiger charge is 2.31. The minimum Gasteiger partial charge on any atom is -0.474 e. The van der Waals surface area contributed by atoms with Gasteiger partial charge in [0.2, 0.25) is 5.88 Å². The van der Waals surface area contributed by atoms with E-state index in [4.69, 9.17) is 4.74 Å². The summed E-state index contributed by atoms with van der Waals surface area (Å²) in [6.07, 6.45) is 5.37. The summed E-state index contributed by atoms with van der Waals surface area (Å²) in [6.45, 7) is 2.88. The van der Waals surface area contributed by atoms with Crippen LogP contribution in [0.3, 0.4) is 0 Å². The molecule has 1 amide bonds. The molecule has 21 heavy (non-hydrogen) atoms. The topological polar surface area (TPSA) is 64.7 Å². The Morgan fingerprint density at radius 2 is 2.33 bits per heavy atom. The molecule has 0 bridgehead atoms. The van der Waals surface area contributed by atoms with Gasteiger partial charge >= 0.3 is 0 Å². The van der Waals surface area contributed by atoms with E-state index in [1.165, 1.54) is 11.3 Å². The van der Waals surface area contributed by atoms with E-state index in [-0.39, 0.29) is 5.91 Å². The molecule has 7 nitrogen and oxygen atoms in total. The molecule has 0 N–H and O–H groups in total. The van der Waals surface area contributed by atoms with Crippen LogP contribution in [-0.2, 0) is 7.05 Å². The SMILES string of the molecule is Cc1nn(C)c2c1N(C(=O)c1cn3ccnc3s1)CCO2. The molecular formula is C13H13N5O2S. The highest BCUT2D eigenvalue weighted by atomic mass is 32.1. The van der Waals surface area contributed by atoms with Crippen LogP contribution in [0.5, 0.6) is 5.88 Å². The number of hydrogen-bond donors (Lipinski definition) is 0. The first-order chi connectivity index (χ1) is 10.1. The van der Waals surface area contributed by atoms with E-state index < -0.39 is 0 Å². The number of amides is 1. The van der Waals surface area contributed by atoms with E-state index in [0.717, 1.165) is 16.3 Å². The molecule has 8 heteroatoms. The Morgan fingerprint density at radius 3 is 3.14 bits per heavy atom. The molecule has 1 aliphatic rings. The molecule has 0 saturated heterocycles. The molecule has 0 unspecified atom stereocenters. The lowest BCUT2D eigenvalue weighted by Crippen LogP contribution is -2.38. The lowest BCUT2D eigenvalue weighted by atomic mass is 10.3. The molecule has 1 aliphatic heterocycles. The van der Waals surface area contributed by atoms with Crippen molar-refractivity contribution in [1.82, 2.24) is 19.2 Å². The van der Waals surface area contributed by atoms with Crippen molar-refractivity contribution in [3.05, 3.63) is 29.2 Å². The maximum absolute atomic E-state index is 12.8. The molecule has 0 fully saturated rings. The van der Waals surface area contributed by atoms with Crippen LogP contribution in [0.4, 0.5) is 5.69 Å². The van der Waals surface area contributed by atoms with E-state index in [9.17, 15) is 4.79 Å². The summed E-state index contributed by atoms with van der Waals surface area (Å²) in [5.74, 6) is 0.611. The molecule has 0 aliphatic carbocycles. The number of carbonyl (C=O) groups excluding carboxylic acids is 1. The summed E-state index contributed by atoms with van der Waals surface area (Å²) in [6, 6.07) is 0. The quantitative estimate of drug-likeness (QED) is 0.683. The minimum absolute atomic E-state index is 0.0360. The Labute approximate surface area is 124 Å². The zero-order chi connectivity index (χ0) is 14.6. The molecule has 0 atom stereocenters. The van der Waals surface area contributed by atoms with Gasteiger partial charge in [-0.15, -0.1) is 0 Å². The number of nitrogens with zero attached hydrogens (tertiary/aromatic N) is 5. The van der Waals surface area contributed by atoms with E-state index in [1.807, 2.05) is 30.8 Å². The van der Waals surface area contributed by atoms with Crippen LogP contribution < -0.4 is 9.64 Å². The monoisotopic (exact) mass is 303 g/mol. The highest BCUT2D eigenvalue weighted by molar-refractivity contribution is 7.19. The third-order valence-electron chi connectivity index (χ3n) is 3.51. The first-order valence-electron chi connectivity index (χ1n) is 6.56. The van der Waals surface area contributed by atoms with Crippen LogP contribution in [-0.4, -0.2) is 38.2 Å². The van der Waals surface area contributed by atoms with Crippen molar-refractivity contribution in [3.8, 4) is 5.88 Å². The molecule has 0 spiro atoms. The van der Waals surface area contributed by atoms with E-state index in [0.29, 0.717) is 23.9 Å². The summed E-state index contributed by atoms with van der Waals surface area (Å²) in [4.78, 5) is 20.2. The Hall–Kier alpha value is -2.35. The van der Waals surface area contributed by atoms with E-state index in [2.05, 4.69) is 10.1 Å². The fourth-order valence-electron chi connectivity index (χ4n) is 2.61. The number of carbonyl (C=O) groups is 1.